The lowest BCUT2D eigenvalue weighted by Crippen LogP contribution is -2.07. The second-order valence-electron chi connectivity index (χ2n) is 5.32. The molecule has 1 heterocycles. The molecule has 0 amide bonds. The van der Waals surface area contributed by atoms with Gasteiger partial charge in [0.15, 0.2) is 0 Å². The Morgan fingerprint density at radius 2 is 1.92 bits per heavy atom. The van der Waals surface area contributed by atoms with Crippen molar-refractivity contribution in [1.82, 2.24) is 9.78 Å². The number of rotatable bonds is 3. The minimum atomic E-state index is -4.53. The number of carbonyl (C=O) groups is 1. The fourth-order valence-electron chi connectivity index (χ4n) is 2.54. The molecule has 1 aromatic heterocycles. The smallest absolute Gasteiger partial charge is 0.417 e. The number of nitrogens with zero attached hydrogens (tertiary/aromatic N) is 2. The minimum absolute atomic E-state index is 0.00952. The average molecular weight is 349 g/mol. The number of fused-ring (bicyclic) bond motifs is 1. The quantitative estimate of drug-likeness (QED) is 0.577. The molecule has 0 saturated heterocycles. The number of halogens is 3. The molecule has 5 nitrogen and oxygen atoms in total. The second-order valence-corrected chi connectivity index (χ2v) is 5.32. The molecule has 0 bridgehead atoms. The van der Waals surface area contributed by atoms with Crippen LogP contribution in [0, 0.1) is 0 Å². The molecule has 0 fully saturated rings. The highest BCUT2D eigenvalue weighted by Gasteiger charge is 2.34. The summed E-state index contributed by atoms with van der Waals surface area (Å²) >= 11 is 0. The predicted molar refractivity (Wildman–Crippen MR) is 86.4 cm³/mol. The van der Waals surface area contributed by atoms with E-state index in [-0.39, 0.29) is 23.2 Å². The molecular weight excluding hydrogens is 335 g/mol. The Balaban J connectivity index is 2.08. The molecule has 0 atom stereocenters. The van der Waals surface area contributed by atoms with Crippen LogP contribution in [0.15, 0.2) is 42.6 Å². The van der Waals surface area contributed by atoms with Crippen molar-refractivity contribution in [3.63, 3.8) is 0 Å². The van der Waals surface area contributed by atoms with E-state index in [9.17, 15) is 18.0 Å². The van der Waals surface area contributed by atoms with Crippen LogP contribution in [0.2, 0.25) is 0 Å². The van der Waals surface area contributed by atoms with Crippen LogP contribution in [-0.4, -0.2) is 22.4 Å². The number of nitrogen functional groups attached to an aromatic ring is 1. The summed E-state index contributed by atoms with van der Waals surface area (Å²) in [5.41, 5.74) is 5.86. The first kappa shape index (κ1) is 16.8. The van der Waals surface area contributed by atoms with E-state index in [1.807, 2.05) is 0 Å². The summed E-state index contributed by atoms with van der Waals surface area (Å²) in [4.78, 5) is 11.7. The number of anilines is 1. The largest absolute Gasteiger partial charge is 0.462 e. The standard InChI is InChI=1S/C17H14F3N3O2/c1-2-25-16(24)10-3-5-12(6-4-10)23-15-8-11(21)7-14(17(18,19)20)13(15)9-22-23/h3-9H,2,21H2,1H3. The number of ether oxygens (including phenoxy) is 1. The van der Waals surface area contributed by atoms with Gasteiger partial charge in [0.1, 0.15) is 0 Å². The summed E-state index contributed by atoms with van der Waals surface area (Å²) in [6.45, 7) is 1.95. The van der Waals surface area contributed by atoms with E-state index in [0.29, 0.717) is 11.3 Å². The highest BCUT2D eigenvalue weighted by molar-refractivity contribution is 5.90. The van der Waals surface area contributed by atoms with Gasteiger partial charge >= 0.3 is 12.1 Å². The molecule has 2 aromatic carbocycles. The van der Waals surface area contributed by atoms with Crippen LogP contribution in [0.4, 0.5) is 18.9 Å². The molecule has 8 heteroatoms. The van der Waals surface area contributed by atoms with E-state index in [2.05, 4.69) is 5.10 Å². The number of hydrogen-bond acceptors (Lipinski definition) is 4. The third kappa shape index (κ3) is 3.15. The zero-order valence-corrected chi connectivity index (χ0v) is 13.2. The van der Waals surface area contributed by atoms with Crippen molar-refractivity contribution in [3.8, 4) is 5.69 Å². The maximum Gasteiger partial charge on any atom is 0.417 e. The van der Waals surface area contributed by atoms with Gasteiger partial charge in [-0.2, -0.15) is 18.3 Å². The van der Waals surface area contributed by atoms with Crippen molar-refractivity contribution < 1.29 is 22.7 Å². The average Bonchev–Trinajstić information content (AvgIpc) is 2.97. The van der Waals surface area contributed by atoms with Gasteiger partial charge in [-0.3, -0.25) is 0 Å². The van der Waals surface area contributed by atoms with E-state index in [1.54, 1.807) is 19.1 Å². The van der Waals surface area contributed by atoms with E-state index in [1.165, 1.54) is 22.9 Å². The molecular formula is C17H14F3N3O2. The summed E-state index contributed by atoms with van der Waals surface area (Å²) in [5.74, 6) is -0.469. The van der Waals surface area contributed by atoms with Crippen molar-refractivity contribution in [2.24, 2.45) is 0 Å². The summed E-state index contributed by atoms with van der Waals surface area (Å²) in [7, 11) is 0. The van der Waals surface area contributed by atoms with Crippen molar-refractivity contribution in [2.75, 3.05) is 12.3 Å². The van der Waals surface area contributed by atoms with Crippen LogP contribution in [-0.2, 0) is 10.9 Å². The Labute approximate surface area is 140 Å². The Morgan fingerprint density at radius 3 is 2.52 bits per heavy atom. The molecule has 25 heavy (non-hydrogen) atoms. The van der Waals surface area contributed by atoms with Gasteiger partial charge < -0.3 is 10.5 Å². The number of hydrogen-bond donors (Lipinski definition) is 1. The monoisotopic (exact) mass is 349 g/mol. The number of aromatic nitrogens is 2. The fraction of sp³-hybridized carbons (Fsp3) is 0.176. The Morgan fingerprint density at radius 1 is 1.24 bits per heavy atom. The molecule has 0 aliphatic heterocycles. The molecule has 0 unspecified atom stereocenters. The summed E-state index contributed by atoms with van der Waals surface area (Å²) in [5, 5.41) is 3.99. The molecule has 3 aromatic rings. The highest BCUT2D eigenvalue weighted by atomic mass is 19.4. The Hall–Kier alpha value is -3.03. The highest BCUT2D eigenvalue weighted by Crippen LogP contribution is 2.36. The maximum atomic E-state index is 13.2. The molecule has 0 aliphatic carbocycles. The zero-order valence-electron chi connectivity index (χ0n) is 13.2. The van der Waals surface area contributed by atoms with Crippen LogP contribution >= 0.6 is 0 Å². The lowest BCUT2D eigenvalue weighted by Gasteiger charge is -2.10. The first-order valence-corrected chi connectivity index (χ1v) is 7.43. The normalized spacial score (nSPS) is 11.7. The molecule has 0 aliphatic rings. The number of benzene rings is 2. The lowest BCUT2D eigenvalue weighted by atomic mass is 10.1. The molecule has 0 spiro atoms. The summed E-state index contributed by atoms with van der Waals surface area (Å²) in [6, 6.07) is 8.52. The van der Waals surface area contributed by atoms with Crippen molar-refractivity contribution in [1.29, 1.82) is 0 Å². The summed E-state index contributed by atoms with van der Waals surface area (Å²) in [6.07, 6.45) is -3.38. The van der Waals surface area contributed by atoms with Gasteiger partial charge in [-0.15, -0.1) is 0 Å². The van der Waals surface area contributed by atoms with Crippen molar-refractivity contribution >= 4 is 22.6 Å². The molecule has 0 saturated carbocycles. The third-order valence-electron chi connectivity index (χ3n) is 3.64. The first-order valence-electron chi connectivity index (χ1n) is 7.43. The van der Waals surface area contributed by atoms with Crippen molar-refractivity contribution in [3.05, 3.63) is 53.7 Å². The topological polar surface area (TPSA) is 70.1 Å². The van der Waals surface area contributed by atoms with Crippen molar-refractivity contribution in [2.45, 2.75) is 13.1 Å². The molecule has 3 rings (SSSR count). The van der Waals surface area contributed by atoms with Gasteiger partial charge in [0.2, 0.25) is 0 Å². The van der Waals surface area contributed by atoms with E-state index < -0.39 is 17.7 Å². The van der Waals surface area contributed by atoms with E-state index in [4.69, 9.17) is 10.5 Å². The minimum Gasteiger partial charge on any atom is -0.462 e. The maximum absolute atomic E-state index is 13.2. The number of esters is 1. The molecule has 130 valence electrons. The van der Waals surface area contributed by atoms with Gasteiger partial charge in [0.05, 0.1) is 35.1 Å². The zero-order chi connectivity index (χ0) is 18.2. The van der Waals surface area contributed by atoms with Crippen LogP contribution < -0.4 is 5.73 Å². The summed E-state index contributed by atoms with van der Waals surface area (Å²) < 4.78 is 45.8. The van der Waals surface area contributed by atoms with Gasteiger partial charge in [0, 0.05) is 11.1 Å². The van der Waals surface area contributed by atoms with Crippen LogP contribution in [0.5, 0.6) is 0 Å². The third-order valence-corrected chi connectivity index (χ3v) is 3.64. The lowest BCUT2D eigenvalue weighted by molar-refractivity contribution is -0.136. The van der Waals surface area contributed by atoms with Crippen LogP contribution in [0.1, 0.15) is 22.8 Å². The van der Waals surface area contributed by atoms with E-state index in [0.717, 1.165) is 12.3 Å². The second kappa shape index (κ2) is 6.12. The van der Waals surface area contributed by atoms with Crippen LogP contribution in [0.25, 0.3) is 16.6 Å². The molecule has 2 N–H and O–H groups in total. The Bertz CT molecular complexity index is 931. The molecule has 0 radical (unpaired) electrons. The predicted octanol–water partition coefficient (Wildman–Crippen LogP) is 3.80. The van der Waals surface area contributed by atoms with Gasteiger partial charge in [-0.05, 0) is 43.3 Å². The number of nitrogens with two attached hydrogens (primary N) is 1. The van der Waals surface area contributed by atoms with Gasteiger partial charge in [-0.25, -0.2) is 9.48 Å². The number of carbonyl (C=O) groups excluding carboxylic acids is 1. The van der Waals surface area contributed by atoms with Crippen LogP contribution in [0.3, 0.4) is 0 Å². The van der Waals surface area contributed by atoms with Gasteiger partial charge in [-0.1, -0.05) is 0 Å². The number of alkyl halides is 3. The fourth-order valence-corrected chi connectivity index (χ4v) is 2.54. The van der Waals surface area contributed by atoms with Gasteiger partial charge in [0.25, 0.3) is 0 Å². The first-order chi connectivity index (χ1) is 11.8. The van der Waals surface area contributed by atoms with E-state index >= 15 is 0 Å². The Kier molecular flexibility index (Phi) is 4.12. The SMILES string of the molecule is CCOC(=O)c1ccc(-n2ncc3c(C(F)(F)F)cc(N)cc32)cc1.